The molecule has 1 aliphatic carbocycles. The van der Waals surface area contributed by atoms with E-state index in [0.29, 0.717) is 24.9 Å². The number of aliphatic carboxylic acids is 1. The highest BCUT2D eigenvalue weighted by molar-refractivity contribution is 5.82. The average molecular weight is 270 g/mol. The Labute approximate surface area is 115 Å². The number of carboxylic acids is 1. The van der Waals surface area contributed by atoms with Crippen LogP contribution in [0.25, 0.3) is 0 Å². The molecule has 2 N–H and O–H groups in total. The third-order valence-electron chi connectivity index (χ3n) is 3.11. The molecule has 2 amide bonds. The molecule has 1 atom stereocenters. The number of rotatable bonds is 7. The van der Waals surface area contributed by atoms with Gasteiger partial charge >= 0.3 is 12.0 Å². The van der Waals surface area contributed by atoms with Crippen molar-refractivity contribution in [2.45, 2.75) is 59.0 Å². The monoisotopic (exact) mass is 270 g/mol. The molecule has 5 nitrogen and oxygen atoms in total. The lowest BCUT2D eigenvalue weighted by Crippen LogP contribution is -2.50. The summed E-state index contributed by atoms with van der Waals surface area (Å²) in [6, 6.07) is -0.721. The van der Waals surface area contributed by atoms with Crippen LogP contribution in [0.1, 0.15) is 47.0 Å². The van der Waals surface area contributed by atoms with E-state index >= 15 is 0 Å². The first kappa shape index (κ1) is 15.8. The number of amides is 2. The zero-order valence-electron chi connectivity index (χ0n) is 12.3. The van der Waals surface area contributed by atoms with E-state index < -0.39 is 12.0 Å². The molecule has 0 unspecified atom stereocenters. The fourth-order valence-electron chi connectivity index (χ4n) is 2.10. The van der Waals surface area contributed by atoms with Crippen molar-refractivity contribution in [3.8, 4) is 0 Å². The molecule has 1 saturated carbocycles. The first-order chi connectivity index (χ1) is 8.81. The Morgan fingerprint density at radius 3 is 2.16 bits per heavy atom. The Morgan fingerprint density at radius 2 is 1.79 bits per heavy atom. The van der Waals surface area contributed by atoms with Gasteiger partial charge in [0, 0.05) is 12.6 Å². The van der Waals surface area contributed by atoms with Crippen LogP contribution in [0.15, 0.2) is 0 Å². The Morgan fingerprint density at radius 1 is 1.21 bits per heavy atom. The van der Waals surface area contributed by atoms with Crippen LogP contribution in [0.5, 0.6) is 0 Å². The highest BCUT2D eigenvalue weighted by Gasteiger charge is 2.34. The largest absolute Gasteiger partial charge is 0.480 e. The quantitative estimate of drug-likeness (QED) is 0.746. The summed E-state index contributed by atoms with van der Waals surface area (Å²) in [6.07, 6.45) is 2.52. The summed E-state index contributed by atoms with van der Waals surface area (Å²) in [5.41, 5.74) is 0. The third kappa shape index (κ3) is 5.49. The SMILES string of the molecule is CC(C)C[C@H](NC(=O)N(CC(C)C)C1CC1)C(=O)O. The molecule has 0 saturated heterocycles. The van der Waals surface area contributed by atoms with Crippen molar-refractivity contribution in [2.75, 3.05) is 6.54 Å². The molecule has 0 bridgehead atoms. The minimum atomic E-state index is -0.956. The average Bonchev–Trinajstić information content (AvgIpc) is 3.07. The minimum absolute atomic E-state index is 0.232. The first-order valence-electron chi connectivity index (χ1n) is 7.11. The Kier molecular flexibility index (Phi) is 5.63. The van der Waals surface area contributed by atoms with Gasteiger partial charge in [0.1, 0.15) is 6.04 Å². The van der Waals surface area contributed by atoms with Crippen LogP contribution < -0.4 is 5.32 Å². The van der Waals surface area contributed by atoms with E-state index in [1.54, 1.807) is 4.90 Å². The number of hydrogen-bond acceptors (Lipinski definition) is 2. The van der Waals surface area contributed by atoms with Gasteiger partial charge in [-0.15, -0.1) is 0 Å². The van der Waals surface area contributed by atoms with Crippen LogP contribution in [-0.4, -0.2) is 40.6 Å². The molecule has 0 spiro atoms. The maximum Gasteiger partial charge on any atom is 0.326 e. The van der Waals surface area contributed by atoms with Gasteiger partial charge in [0.25, 0.3) is 0 Å². The molecule has 19 heavy (non-hydrogen) atoms. The zero-order chi connectivity index (χ0) is 14.6. The van der Waals surface area contributed by atoms with E-state index in [-0.39, 0.29) is 11.9 Å². The predicted molar refractivity (Wildman–Crippen MR) is 74.0 cm³/mol. The highest BCUT2D eigenvalue weighted by Crippen LogP contribution is 2.27. The molecule has 0 aromatic carbocycles. The number of carbonyl (C=O) groups excluding carboxylic acids is 1. The Balaban J connectivity index is 2.60. The van der Waals surface area contributed by atoms with Gasteiger partial charge in [-0.05, 0) is 31.1 Å². The van der Waals surface area contributed by atoms with E-state index in [4.69, 9.17) is 5.11 Å². The number of carboxylic acid groups (broad SMARTS) is 1. The molecular weight excluding hydrogens is 244 g/mol. The maximum absolute atomic E-state index is 12.2. The summed E-state index contributed by atoms with van der Waals surface area (Å²) in [5.74, 6) is -0.331. The van der Waals surface area contributed by atoms with E-state index in [1.165, 1.54) is 0 Å². The molecule has 1 aliphatic rings. The number of hydrogen-bond donors (Lipinski definition) is 2. The van der Waals surface area contributed by atoms with Gasteiger partial charge in [-0.3, -0.25) is 0 Å². The second-order valence-electron chi connectivity index (χ2n) is 6.25. The fraction of sp³-hybridized carbons (Fsp3) is 0.857. The minimum Gasteiger partial charge on any atom is -0.480 e. The van der Waals surface area contributed by atoms with Crippen LogP contribution in [0.4, 0.5) is 4.79 Å². The third-order valence-corrected chi connectivity index (χ3v) is 3.11. The van der Waals surface area contributed by atoms with Crippen molar-refractivity contribution in [1.82, 2.24) is 10.2 Å². The lowest BCUT2D eigenvalue weighted by molar-refractivity contribution is -0.139. The van der Waals surface area contributed by atoms with Crippen molar-refractivity contribution < 1.29 is 14.7 Å². The topological polar surface area (TPSA) is 69.6 Å². The standard InChI is InChI=1S/C14H26N2O3/c1-9(2)7-12(13(17)18)15-14(19)16(8-10(3)4)11-5-6-11/h9-12H,5-8H2,1-4H3,(H,15,19)(H,17,18)/t12-/m0/s1. The molecule has 0 aromatic rings. The van der Waals surface area contributed by atoms with Crippen molar-refractivity contribution in [3.63, 3.8) is 0 Å². The van der Waals surface area contributed by atoms with Gasteiger partial charge < -0.3 is 15.3 Å². The van der Waals surface area contributed by atoms with Crippen LogP contribution in [-0.2, 0) is 4.79 Å². The fourth-order valence-corrected chi connectivity index (χ4v) is 2.10. The van der Waals surface area contributed by atoms with Crippen molar-refractivity contribution in [3.05, 3.63) is 0 Å². The lowest BCUT2D eigenvalue weighted by Gasteiger charge is -2.27. The van der Waals surface area contributed by atoms with Crippen LogP contribution >= 0.6 is 0 Å². The summed E-state index contributed by atoms with van der Waals surface area (Å²) < 4.78 is 0. The second kappa shape index (κ2) is 6.78. The smallest absolute Gasteiger partial charge is 0.326 e. The number of nitrogens with zero attached hydrogens (tertiary/aromatic N) is 1. The maximum atomic E-state index is 12.2. The van der Waals surface area contributed by atoms with Crippen LogP contribution in [0.3, 0.4) is 0 Å². The van der Waals surface area contributed by atoms with Crippen molar-refractivity contribution in [2.24, 2.45) is 11.8 Å². The predicted octanol–water partition coefficient (Wildman–Crippen LogP) is 2.32. The van der Waals surface area contributed by atoms with Crippen molar-refractivity contribution in [1.29, 1.82) is 0 Å². The molecule has 1 rings (SSSR count). The molecule has 0 heterocycles. The molecule has 110 valence electrons. The second-order valence-corrected chi connectivity index (χ2v) is 6.25. The molecule has 5 heteroatoms. The summed E-state index contributed by atoms with van der Waals surface area (Å²) in [7, 11) is 0. The van der Waals surface area contributed by atoms with Gasteiger partial charge in [0.2, 0.25) is 0 Å². The van der Waals surface area contributed by atoms with Crippen LogP contribution in [0, 0.1) is 11.8 Å². The van der Waals surface area contributed by atoms with E-state index in [2.05, 4.69) is 19.2 Å². The van der Waals surface area contributed by atoms with Crippen molar-refractivity contribution >= 4 is 12.0 Å². The summed E-state index contributed by atoms with van der Waals surface area (Å²) in [5, 5.41) is 11.8. The normalized spacial score (nSPS) is 16.5. The molecular formula is C14H26N2O3. The number of carbonyl (C=O) groups is 2. The van der Waals surface area contributed by atoms with E-state index in [9.17, 15) is 9.59 Å². The zero-order valence-corrected chi connectivity index (χ0v) is 12.3. The number of nitrogens with one attached hydrogen (secondary N) is 1. The molecule has 0 aliphatic heterocycles. The van der Waals surface area contributed by atoms with Gasteiger partial charge in [0.05, 0.1) is 0 Å². The van der Waals surface area contributed by atoms with Gasteiger partial charge in [-0.1, -0.05) is 27.7 Å². The summed E-state index contributed by atoms with van der Waals surface area (Å²) >= 11 is 0. The van der Waals surface area contributed by atoms with Gasteiger partial charge in [-0.2, -0.15) is 0 Å². The van der Waals surface area contributed by atoms with E-state index in [1.807, 2.05) is 13.8 Å². The van der Waals surface area contributed by atoms with E-state index in [0.717, 1.165) is 12.8 Å². The molecule has 0 aromatic heterocycles. The van der Waals surface area contributed by atoms with Gasteiger partial charge in [-0.25, -0.2) is 9.59 Å². The summed E-state index contributed by atoms with van der Waals surface area (Å²) in [4.78, 5) is 25.2. The lowest BCUT2D eigenvalue weighted by atomic mass is 10.0. The summed E-state index contributed by atoms with van der Waals surface area (Å²) in [6.45, 7) is 8.71. The molecule has 0 radical (unpaired) electrons. The molecule has 1 fully saturated rings. The van der Waals surface area contributed by atoms with Gasteiger partial charge in [0.15, 0.2) is 0 Å². The highest BCUT2D eigenvalue weighted by atomic mass is 16.4. The first-order valence-corrected chi connectivity index (χ1v) is 7.11. The Hall–Kier alpha value is -1.26. The Bertz CT molecular complexity index is 325. The van der Waals surface area contributed by atoms with Crippen LogP contribution in [0.2, 0.25) is 0 Å². The number of urea groups is 1.